The molecule has 4 rings (SSSR count). The van der Waals surface area contributed by atoms with Gasteiger partial charge in [-0.25, -0.2) is 0 Å². The Morgan fingerprint density at radius 3 is 2.23 bits per heavy atom. The summed E-state index contributed by atoms with van der Waals surface area (Å²) in [5.41, 5.74) is 0.963. The highest BCUT2D eigenvalue weighted by atomic mass is 32.2. The standard InChI is InChI=1S/C25H21NO3S/c1-26-20-15-9-8-14-19(20)24(28)23(25(26)29)21(27)16-22(17-10-4-2-5-11-17)30-18-12-6-3-7-13-18/h2-15,22,28H,16H2,1H3/t22-/m1/s1. The lowest BCUT2D eigenvalue weighted by Crippen LogP contribution is -2.25. The minimum atomic E-state index is -0.479. The molecule has 1 atom stereocenters. The molecule has 30 heavy (non-hydrogen) atoms. The van der Waals surface area contributed by atoms with Gasteiger partial charge in [-0.05, 0) is 29.8 Å². The van der Waals surface area contributed by atoms with Gasteiger partial charge in [-0.15, -0.1) is 11.8 Å². The van der Waals surface area contributed by atoms with E-state index in [0.29, 0.717) is 10.9 Å². The maximum absolute atomic E-state index is 13.3. The van der Waals surface area contributed by atoms with Crippen molar-refractivity contribution in [3.8, 4) is 5.75 Å². The van der Waals surface area contributed by atoms with Crippen molar-refractivity contribution in [1.29, 1.82) is 0 Å². The number of carbonyl (C=O) groups excluding carboxylic acids is 1. The van der Waals surface area contributed by atoms with E-state index in [9.17, 15) is 14.7 Å². The second-order valence-electron chi connectivity index (χ2n) is 7.06. The van der Waals surface area contributed by atoms with Gasteiger partial charge < -0.3 is 9.67 Å². The average molecular weight is 416 g/mol. The monoisotopic (exact) mass is 415 g/mol. The molecule has 5 heteroatoms. The summed E-state index contributed by atoms with van der Waals surface area (Å²) in [5.74, 6) is -0.605. The first kappa shape index (κ1) is 20.0. The minimum absolute atomic E-state index is 0.102. The van der Waals surface area contributed by atoms with Gasteiger partial charge >= 0.3 is 0 Å². The van der Waals surface area contributed by atoms with Crippen LogP contribution in [0.5, 0.6) is 5.75 Å². The van der Waals surface area contributed by atoms with Crippen LogP contribution in [0.2, 0.25) is 0 Å². The molecule has 0 bridgehead atoms. The number of aromatic hydroxyl groups is 1. The maximum Gasteiger partial charge on any atom is 0.265 e. The fourth-order valence-corrected chi connectivity index (χ4v) is 4.73. The molecule has 0 aliphatic carbocycles. The quantitative estimate of drug-likeness (QED) is 0.341. The highest BCUT2D eigenvalue weighted by molar-refractivity contribution is 7.99. The largest absolute Gasteiger partial charge is 0.506 e. The Morgan fingerprint density at radius 1 is 0.933 bits per heavy atom. The van der Waals surface area contributed by atoms with Crippen molar-refractivity contribution < 1.29 is 9.90 Å². The van der Waals surface area contributed by atoms with Crippen LogP contribution in [-0.4, -0.2) is 15.5 Å². The van der Waals surface area contributed by atoms with Gasteiger partial charge in [-0.3, -0.25) is 9.59 Å². The molecule has 1 N–H and O–H groups in total. The number of hydrogen-bond acceptors (Lipinski definition) is 4. The molecule has 0 fully saturated rings. The number of ketones is 1. The Labute approximate surface area is 178 Å². The van der Waals surface area contributed by atoms with Crippen molar-refractivity contribution in [1.82, 2.24) is 4.57 Å². The normalized spacial score (nSPS) is 12.0. The van der Waals surface area contributed by atoms with E-state index in [1.165, 1.54) is 4.57 Å². The Morgan fingerprint density at radius 2 is 1.53 bits per heavy atom. The number of aryl methyl sites for hydroxylation is 1. The molecular formula is C25H21NO3S. The van der Waals surface area contributed by atoms with Gasteiger partial charge in [0.1, 0.15) is 11.3 Å². The molecule has 0 spiro atoms. The summed E-state index contributed by atoms with van der Waals surface area (Å²) >= 11 is 1.57. The first-order valence-corrected chi connectivity index (χ1v) is 10.5. The third kappa shape index (κ3) is 3.89. The fourth-order valence-electron chi connectivity index (χ4n) is 3.56. The lowest BCUT2D eigenvalue weighted by Gasteiger charge is -2.17. The van der Waals surface area contributed by atoms with Gasteiger partial charge in [-0.1, -0.05) is 60.7 Å². The topological polar surface area (TPSA) is 59.3 Å². The lowest BCUT2D eigenvalue weighted by molar-refractivity contribution is 0.0977. The van der Waals surface area contributed by atoms with E-state index in [-0.39, 0.29) is 28.8 Å². The van der Waals surface area contributed by atoms with E-state index in [0.717, 1.165) is 10.5 Å². The molecule has 150 valence electrons. The number of thioether (sulfide) groups is 1. The molecule has 0 saturated heterocycles. The molecule has 1 aromatic heterocycles. The Bertz CT molecular complexity index is 1250. The SMILES string of the molecule is Cn1c(=O)c(C(=O)C[C@@H](Sc2ccccc2)c2ccccc2)c(O)c2ccccc21. The van der Waals surface area contributed by atoms with Crippen LogP contribution in [0.4, 0.5) is 0 Å². The fraction of sp³-hybridized carbons (Fsp3) is 0.120. The number of aromatic nitrogens is 1. The number of carbonyl (C=O) groups is 1. The van der Waals surface area contributed by atoms with E-state index in [1.807, 2.05) is 60.7 Å². The van der Waals surface area contributed by atoms with Crippen LogP contribution in [-0.2, 0) is 7.05 Å². The predicted molar refractivity (Wildman–Crippen MR) is 121 cm³/mol. The number of rotatable bonds is 6. The maximum atomic E-state index is 13.3. The molecule has 0 aliphatic rings. The molecule has 0 unspecified atom stereocenters. The minimum Gasteiger partial charge on any atom is -0.506 e. The summed E-state index contributed by atoms with van der Waals surface area (Å²) in [4.78, 5) is 27.2. The van der Waals surface area contributed by atoms with Crippen molar-refractivity contribution in [2.45, 2.75) is 16.6 Å². The van der Waals surface area contributed by atoms with Crippen molar-refractivity contribution in [3.05, 3.63) is 106 Å². The van der Waals surface area contributed by atoms with Crippen LogP contribution in [0.1, 0.15) is 27.6 Å². The second kappa shape index (κ2) is 8.59. The second-order valence-corrected chi connectivity index (χ2v) is 8.34. The predicted octanol–water partition coefficient (Wildman–Crippen LogP) is 5.35. The summed E-state index contributed by atoms with van der Waals surface area (Å²) in [7, 11) is 1.62. The van der Waals surface area contributed by atoms with Gasteiger partial charge in [0, 0.05) is 29.0 Å². The van der Waals surface area contributed by atoms with Crippen molar-refractivity contribution in [2.24, 2.45) is 7.05 Å². The average Bonchev–Trinajstić information content (AvgIpc) is 2.78. The van der Waals surface area contributed by atoms with Crippen LogP contribution in [0.3, 0.4) is 0 Å². The molecular weight excluding hydrogens is 394 g/mol. The van der Waals surface area contributed by atoms with Gasteiger partial charge in [0.05, 0.1) is 5.52 Å². The van der Waals surface area contributed by atoms with E-state index in [1.54, 1.807) is 43.1 Å². The number of hydrogen-bond donors (Lipinski definition) is 1. The number of benzene rings is 3. The molecule has 0 aliphatic heterocycles. The molecule has 0 amide bonds. The van der Waals surface area contributed by atoms with E-state index in [2.05, 4.69) is 0 Å². The Balaban J connectivity index is 1.74. The van der Waals surface area contributed by atoms with Crippen molar-refractivity contribution in [2.75, 3.05) is 0 Å². The van der Waals surface area contributed by atoms with Crippen molar-refractivity contribution >= 4 is 28.4 Å². The third-order valence-corrected chi connectivity index (χ3v) is 6.39. The summed E-state index contributed by atoms with van der Waals surface area (Å²) in [5, 5.41) is 11.1. The van der Waals surface area contributed by atoms with E-state index in [4.69, 9.17) is 0 Å². The number of nitrogens with zero attached hydrogens (tertiary/aromatic N) is 1. The van der Waals surface area contributed by atoms with Gasteiger partial charge in [-0.2, -0.15) is 0 Å². The van der Waals surface area contributed by atoms with Gasteiger partial charge in [0.2, 0.25) is 0 Å². The van der Waals surface area contributed by atoms with Crippen LogP contribution in [0.15, 0.2) is 94.6 Å². The van der Waals surface area contributed by atoms with Gasteiger partial charge in [0.25, 0.3) is 5.56 Å². The van der Waals surface area contributed by atoms with Crippen LogP contribution in [0, 0.1) is 0 Å². The Hall–Kier alpha value is -3.31. The third-order valence-electron chi connectivity index (χ3n) is 5.12. The van der Waals surface area contributed by atoms with E-state index < -0.39 is 5.56 Å². The molecule has 4 aromatic rings. The zero-order chi connectivity index (χ0) is 21.1. The Kier molecular flexibility index (Phi) is 5.72. The van der Waals surface area contributed by atoms with E-state index >= 15 is 0 Å². The smallest absolute Gasteiger partial charge is 0.265 e. The number of pyridine rings is 1. The highest BCUT2D eigenvalue weighted by Gasteiger charge is 2.25. The lowest BCUT2D eigenvalue weighted by atomic mass is 10.0. The number of para-hydroxylation sites is 1. The molecule has 3 aromatic carbocycles. The van der Waals surface area contributed by atoms with Crippen LogP contribution in [0.25, 0.3) is 10.9 Å². The molecule has 0 radical (unpaired) electrons. The summed E-state index contributed by atoms with van der Waals surface area (Å²) in [6.45, 7) is 0. The van der Waals surface area contributed by atoms with Gasteiger partial charge in [0.15, 0.2) is 5.78 Å². The first-order chi connectivity index (χ1) is 14.6. The summed E-state index contributed by atoms with van der Waals surface area (Å²) in [6.07, 6.45) is 0.102. The van der Waals surface area contributed by atoms with Crippen LogP contribution < -0.4 is 5.56 Å². The van der Waals surface area contributed by atoms with Crippen molar-refractivity contribution in [3.63, 3.8) is 0 Å². The molecule has 4 nitrogen and oxygen atoms in total. The summed E-state index contributed by atoms with van der Waals surface area (Å²) in [6, 6.07) is 26.7. The van der Waals surface area contributed by atoms with Crippen LogP contribution >= 0.6 is 11.8 Å². The highest BCUT2D eigenvalue weighted by Crippen LogP contribution is 2.39. The first-order valence-electron chi connectivity index (χ1n) is 9.67. The zero-order valence-corrected chi connectivity index (χ0v) is 17.3. The number of fused-ring (bicyclic) bond motifs is 1. The number of Topliss-reactive ketones (excluding diaryl/α,β-unsaturated/α-hetero) is 1. The summed E-state index contributed by atoms with van der Waals surface area (Å²) < 4.78 is 1.42. The zero-order valence-electron chi connectivity index (χ0n) is 16.5. The molecule has 1 heterocycles. The molecule has 0 saturated carbocycles.